The highest BCUT2D eigenvalue weighted by atomic mass is 35.5. The number of hydrogen-bond donors (Lipinski definition) is 1. The topological polar surface area (TPSA) is 43.8 Å². The molecule has 0 aliphatic heterocycles. The van der Waals surface area contributed by atoms with E-state index in [1.807, 2.05) is 29.0 Å². The van der Waals surface area contributed by atoms with E-state index in [9.17, 15) is 0 Å². The number of benzene rings is 1. The summed E-state index contributed by atoms with van der Waals surface area (Å²) in [5.74, 6) is 0.416. The maximum absolute atomic E-state index is 6.00. The van der Waals surface area contributed by atoms with Crippen molar-refractivity contribution in [3.8, 4) is 5.69 Å². The third-order valence-electron chi connectivity index (χ3n) is 2.52. The van der Waals surface area contributed by atoms with Crippen LogP contribution < -0.4 is 5.73 Å². The Labute approximate surface area is 99.9 Å². The van der Waals surface area contributed by atoms with Gasteiger partial charge in [0.05, 0.1) is 17.0 Å². The Morgan fingerprint density at radius 2 is 2.12 bits per heavy atom. The Hall–Kier alpha value is -1.48. The van der Waals surface area contributed by atoms with Gasteiger partial charge in [0.25, 0.3) is 0 Å². The van der Waals surface area contributed by atoms with Gasteiger partial charge in [-0.1, -0.05) is 25.4 Å². The van der Waals surface area contributed by atoms with Crippen LogP contribution in [0.1, 0.15) is 25.5 Å². The molecule has 2 aromatic rings. The zero-order chi connectivity index (χ0) is 11.7. The summed E-state index contributed by atoms with van der Waals surface area (Å²) in [5.41, 5.74) is 8.42. The molecule has 3 nitrogen and oxygen atoms in total. The van der Waals surface area contributed by atoms with Crippen molar-refractivity contribution in [2.75, 3.05) is 5.73 Å². The average molecular weight is 236 g/mol. The van der Waals surface area contributed by atoms with E-state index in [4.69, 9.17) is 17.3 Å². The number of nitrogen functional groups attached to an aromatic ring is 1. The van der Waals surface area contributed by atoms with E-state index in [2.05, 4.69) is 18.8 Å². The number of halogens is 1. The number of nitrogens with zero attached hydrogens (tertiary/aromatic N) is 2. The van der Waals surface area contributed by atoms with Crippen LogP contribution in [0.5, 0.6) is 0 Å². The number of nitrogens with two attached hydrogens (primary N) is 1. The van der Waals surface area contributed by atoms with Crippen LogP contribution in [0.3, 0.4) is 0 Å². The molecule has 1 aromatic carbocycles. The first-order chi connectivity index (χ1) is 7.59. The van der Waals surface area contributed by atoms with Crippen molar-refractivity contribution in [2.45, 2.75) is 19.8 Å². The van der Waals surface area contributed by atoms with Gasteiger partial charge < -0.3 is 10.3 Å². The van der Waals surface area contributed by atoms with E-state index in [0.717, 1.165) is 11.4 Å². The highest BCUT2D eigenvalue weighted by Gasteiger charge is 2.08. The zero-order valence-corrected chi connectivity index (χ0v) is 10.1. The maximum atomic E-state index is 6.00. The fourth-order valence-corrected chi connectivity index (χ4v) is 1.79. The van der Waals surface area contributed by atoms with Crippen LogP contribution >= 0.6 is 11.6 Å². The molecule has 0 saturated heterocycles. The second-order valence-electron chi connectivity index (χ2n) is 4.05. The van der Waals surface area contributed by atoms with Gasteiger partial charge in [-0.05, 0) is 24.1 Å². The van der Waals surface area contributed by atoms with Crippen LogP contribution in [0, 0.1) is 0 Å². The van der Waals surface area contributed by atoms with Crippen LogP contribution in [-0.4, -0.2) is 9.55 Å². The Kier molecular flexibility index (Phi) is 2.88. The van der Waals surface area contributed by atoms with Gasteiger partial charge in [-0.2, -0.15) is 0 Å². The quantitative estimate of drug-likeness (QED) is 0.813. The molecule has 0 fully saturated rings. The summed E-state index contributed by atoms with van der Waals surface area (Å²) in [6.07, 6.45) is 3.66. The molecule has 4 heteroatoms. The van der Waals surface area contributed by atoms with Crippen molar-refractivity contribution in [3.05, 3.63) is 41.4 Å². The molecule has 0 unspecified atom stereocenters. The largest absolute Gasteiger partial charge is 0.398 e. The third kappa shape index (κ3) is 1.91. The van der Waals surface area contributed by atoms with Crippen molar-refractivity contribution in [3.63, 3.8) is 0 Å². The molecule has 2 rings (SSSR count). The van der Waals surface area contributed by atoms with Gasteiger partial charge in [-0.3, -0.25) is 0 Å². The normalized spacial score (nSPS) is 11.0. The molecule has 0 spiro atoms. The zero-order valence-electron chi connectivity index (χ0n) is 9.31. The first-order valence-electron chi connectivity index (χ1n) is 5.17. The van der Waals surface area contributed by atoms with Crippen LogP contribution in [-0.2, 0) is 0 Å². The fourth-order valence-electron chi connectivity index (χ4n) is 1.61. The Bertz CT molecular complexity index is 503. The standard InChI is InChI=1S/C12H14ClN3/c1-8(2)12-6-15-7-16(12)9-3-4-11(14)10(13)5-9/h3-8H,14H2,1-2H3. The van der Waals surface area contributed by atoms with Crippen LogP contribution in [0.2, 0.25) is 5.02 Å². The number of imidazole rings is 1. The van der Waals surface area contributed by atoms with Crippen molar-refractivity contribution in [1.82, 2.24) is 9.55 Å². The highest BCUT2D eigenvalue weighted by Crippen LogP contribution is 2.24. The van der Waals surface area contributed by atoms with Crippen LogP contribution in [0.15, 0.2) is 30.7 Å². The second-order valence-corrected chi connectivity index (χ2v) is 4.46. The van der Waals surface area contributed by atoms with E-state index in [0.29, 0.717) is 16.6 Å². The number of aromatic nitrogens is 2. The van der Waals surface area contributed by atoms with Crippen molar-refractivity contribution >= 4 is 17.3 Å². The summed E-state index contributed by atoms with van der Waals surface area (Å²) in [6, 6.07) is 5.60. The minimum atomic E-state index is 0.416. The first-order valence-corrected chi connectivity index (χ1v) is 5.55. The summed E-state index contributed by atoms with van der Waals surface area (Å²) in [6.45, 7) is 4.26. The summed E-state index contributed by atoms with van der Waals surface area (Å²) in [7, 11) is 0. The van der Waals surface area contributed by atoms with Gasteiger partial charge in [0, 0.05) is 17.6 Å². The molecule has 2 N–H and O–H groups in total. The molecule has 0 amide bonds. The first kappa shape index (κ1) is 11.0. The minimum absolute atomic E-state index is 0.416. The van der Waals surface area contributed by atoms with E-state index in [1.54, 1.807) is 6.33 Å². The Morgan fingerprint density at radius 3 is 2.75 bits per heavy atom. The maximum Gasteiger partial charge on any atom is 0.0994 e. The molecule has 0 radical (unpaired) electrons. The minimum Gasteiger partial charge on any atom is -0.398 e. The van der Waals surface area contributed by atoms with Gasteiger partial charge in [-0.25, -0.2) is 4.98 Å². The van der Waals surface area contributed by atoms with E-state index < -0.39 is 0 Å². The summed E-state index contributed by atoms with van der Waals surface area (Å²) in [4.78, 5) is 4.16. The summed E-state index contributed by atoms with van der Waals surface area (Å²) >= 11 is 6.00. The Morgan fingerprint density at radius 1 is 1.38 bits per heavy atom. The van der Waals surface area contributed by atoms with E-state index in [-0.39, 0.29) is 0 Å². The molecule has 84 valence electrons. The van der Waals surface area contributed by atoms with Crippen LogP contribution in [0.25, 0.3) is 5.69 Å². The van der Waals surface area contributed by atoms with Gasteiger partial charge >= 0.3 is 0 Å². The molecule has 1 aromatic heterocycles. The lowest BCUT2D eigenvalue weighted by molar-refractivity contribution is 0.787. The lowest BCUT2D eigenvalue weighted by atomic mass is 10.1. The molecule has 0 bridgehead atoms. The number of anilines is 1. The predicted molar refractivity (Wildman–Crippen MR) is 67.1 cm³/mol. The molecule has 0 saturated carbocycles. The van der Waals surface area contributed by atoms with Crippen LogP contribution in [0.4, 0.5) is 5.69 Å². The summed E-state index contributed by atoms with van der Waals surface area (Å²) in [5, 5.41) is 0.570. The Balaban J connectivity index is 2.50. The monoisotopic (exact) mass is 235 g/mol. The fraction of sp³-hybridized carbons (Fsp3) is 0.250. The lowest BCUT2D eigenvalue weighted by Gasteiger charge is -2.11. The molecule has 0 aliphatic carbocycles. The predicted octanol–water partition coefficient (Wildman–Crippen LogP) is 3.23. The van der Waals surface area contributed by atoms with Gasteiger partial charge in [0.15, 0.2) is 0 Å². The van der Waals surface area contributed by atoms with Gasteiger partial charge in [-0.15, -0.1) is 0 Å². The molecule has 0 aliphatic rings. The van der Waals surface area contributed by atoms with Gasteiger partial charge in [0.2, 0.25) is 0 Å². The van der Waals surface area contributed by atoms with Gasteiger partial charge in [0.1, 0.15) is 0 Å². The molecule has 1 heterocycles. The van der Waals surface area contributed by atoms with Crippen molar-refractivity contribution < 1.29 is 0 Å². The number of hydrogen-bond acceptors (Lipinski definition) is 2. The second kappa shape index (κ2) is 4.18. The van der Waals surface area contributed by atoms with E-state index in [1.165, 1.54) is 0 Å². The lowest BCUT2D eigenvalue weighted by Crippen LogP contribution is -2.01. The average Bonchev–Trinajstić information content (AvgIpc) is 2.71. The van der Waals surface area contributed by atoms with E-state index >= 15 is 0 Å². The molecule has 16 heavy (non-hydrogen) atoms. The molecular formula is C12H14ClN3. The molecular weight excluding hydrogens is 222 g/mol. The van der Waals surface area contributed by atoms with Crippen molar-refractivity contribution in [2.24, 2.45) is 0 Å². The molecule has 0 atom stereocenters. The number of rotatable bonds is 2. The SMILES string of the molecule is CC(C)c1cncn1-c1ccc(N)c(Cl)c1. The highest BCUT2D eigenvalue weighted by molar-refractivity contribution is 6.33. The smallest absolute Gasteiger partial charge is 0.0994 e. The summed E-state index contributed by atoms with van der Waals surface area (Å²) < 4.78 is 2.02. The van der Waals surface area contributed by atoms with Crippen molar-refractivity contribution in [1.29, 1.82) is 0 Å². The third-order valence-corrected chi connectivity index (χ3v) is 2.85.